The second-order valence-electron chi connectivity index (χ2n) is 5.68. The standard InChI is InChI=1S/C15H21N3O4S/c1-16-15(18-12-5-7-23(19,20)9-12)17-6-4-11-2-3-13-14(8-11)22-10-21-13/h2-3,8,12H,4-7,9-10H2,1H3,(H2,16,17,18). The van der Waals surface area contributed by atoms with Gasteiger partial charge < -0.3 is 20.1 Å². The van der Waals surface area contributed by atoms with E-state index in [9.17, 15) is 8.42 Å². The van der Waals surface area contributed by atoms with Crippen molar-refractivity contribution in [2.24, 2.45) is 4.99 Å². The topological polar surface area (TPSA) is 89.0 Å². The van der Waals surface area contributed by atoms with E-state index in [2.05, 4.69) is 15.6 Å². The van der Waals surface area contributed by atoms with Gasteiger partial charge in [-0.3, -0.25) is 4.99 Å². The van der Waals surface area contributed by atoms with Gasteiger partial charge in [-0.1, -0.05) is 6.07 Å². The predicted octanol–water partition coefficient (Wildman–Crippen LogP) is 0.310. The van der Waals surface area contributed by atoms with Gasteiger partial charge in [0.05, 0.1) is 11.5 Å². The maximum absolute atomic E-state index is 11.5. The lowest BCUT2D eigenvalue weighted by molar-refractivity contribution is 0.174. The van der Waals surface area contributed by atoms with Gasteiger partial charge in [0.25, 0.3) is 0 Å². The summed E-state index contributed by atoms with van der Waals surface area (Å²) in [5, 5.41) is 6.38. The first-order valence-corrected chi connectivity index (χ1v) is 9.44. The number of aliphatic imine (C=N–C) groups is 1. The lowest BCUT2D eigenvalue weighted by Crippen LogP contribution is -2.44. The number of rotatable bonds is 4. The van der Waals surface area contributed by atoms with Gasteiger partial charge in [-0.15, -0.1) is 0 Å². The summed E-state index contributed by atoms with van der Waals surface area (Å²) in [5.74, 6) is 2.62. The van der Waals surface area contributed by atoms with Crippen LogP contribution in [0.4, 0.5) is 0 Å². The van der Waals surface area contributed by atoms with Crippen molar-refractivity contribution in [2.45, 2.75) is 18.9 Å². The summed E-state index contributed by atoms with van der Waals surface area (Å²) in [4.78, 5) is 4.14. The van der Waals surface area contributed by atoms with E-state index in [0.29, 0.717) is 18.9 Å². The maximum Gasteiger partial charge on any atom is 0.231 e. The van der Waals surface area contributed by atoms with Crippen LogP contribution in [0.1, 0.15) is 12.0 Å². The molecule has 0 spiro atoms. The minimum atomic E-state index is -2.89. The van der Waals surface area contributed by atoms with E-state index < -0.39 is 9.84 Å². The first-order valence-electron chi connectivity index (χ1n) is 7.62. The fourth-order valence-electron chi connectivity index (χ4n) is 2.72. The van der Waals surface area contributed by atoms with Crippen molar-refractivity contribution >= 4 is 15.8 Å². The smallest absolute Gasteiger partial charge is 0.231 e. The molecule has 1 saturated heterocycles. The molecule has 0 bridgehead atoms. The van der Waals surface area contributed by atoms with Crippen molar-refractivity contribution < 1.29 is 17.9 Å². The maximum atomic E-state index is 11.5. The highest BCUT2D eigenvalue weighted by atomic mass is 32.2. The molecular weight excluding hydrogens is 318 g/mol. The average Bonchev–Trinajstić information content (AvgIpc) is 3.11. The van der Waals surface area contributed by atoms with Crippen molar-refractivity contribution in [1.29, 1.82) is 0 Å². The van der Waals surface area contributed by atoms with Crippen molar-refractivity contribution in [1.82, 2.24) is 10.6 Å². The molecule has 1 atom stereocenters. The quantitative estimate of drug-likeness (QED) is 0.606. The molecule has 0 aromatic heterocycles. The molecule has 1 aromatic rings. The zero-order valence-electron chi connectivity index (χ0n) is 13.0. The van der Waals surface area contributed by atoms with E-state index >= 15 is 0 Å². The Kier molecular flexibility index (Phi) is 4.61. The third-order valence-electron chi connectivity index (χ3n) is 3.94. The summed E-state index contributed by atoms with van der Waals surface area (Å²) in [6.07, 6.45) is 1.44. The van der Waals surface area contributed by atoms with Crippen LogP contribution in [0.5, 0.6) is 11.5 Å². The molecule has 126 valence electrons. The van der Waals surface area contributed by atoms with Gasteiger partial charge in [-0.05, 0) is 30.5 Å². The Morgan fingerprint density at radius 3 is 2.91 bits per heavy atom. The number of hydrogen-bond acceptors (Lipinski definition) is 5. The monoisotopic (exact) mass is 339 g/mol. The van der Waals surface area contributed by atoms with E-state index in [4.69, 9.17) is 9.47 Å². The van der Waals surface area contributed by atoms with Crippen LogP contribution >= 0.6 is 0 Å². The van der Waals surface area contributed by atoms with Crippen LogP contribution in [0, 0.1) is 0 Å². The Morgan fingerprint density at radius 2 is 2.17 bits per heavy atom. The van der Waals surface area contributed by atoms with E-state index in [1.54, 1.807) is 7.05 Å². The highest BCUT2D eigenvalue weighted by molar-refractivity contribution is 7.91. The van der Waals surface area contributed by atoms with Crippen molar-refractivity contribution in [3.05, 3.63) is 23.8 Å². The largest absolute Gasteiger partial charge is 0.454 e. The van der Waals surface area contributed by atoms with Gasteiger partial charge in [0, 0.05) is 19.6 Å². The summed E-state index contributed by atoms with van der Waals surface area (Å²) in [6.45, 7) is 0.969. The zero-order valence-corrected chi connectivity index (χ0v) is 13.9. The molecule has 3 rings (SSSR count). The Balaban J connectivity index is 1.47. The highest BCUT2D eigenvalue weighted by Gasteiger charge is 2.28. The summed E-state index contributed by atoms with van der Waals surface area (Å²) in [6, 6.07) is 5.84. The third kappa shape index (κ3) is 4.07. The second kappa shape index (κ2) is 6.66. The summed E-state index contributed by atoms with van der Waals surface area (Å²) in [5.41, 5.74) is 1.14. The SMILES string of the molecule is CN=C(NCCc1ccc2c(c1)OCO2)NC1CCS(=O)(=O)C1. The Morgan fingerprint density at radius 1 is 1.35 bits per heavy atom. The molecule has 8 heteroatoms. The fraction of sp³-hybridized carbons (Fsp3) is 0.533. The minimum Gasteiger partial charge on any atom is -0.454 e. The van der Waals surface area contributed by atoms with Crippen LogP contribution in [0.15, 0.2) is 23.2 Å². The molecule has 1 unspecified atom stereocenters. The highest BCUT2D eigenvalue weighted by Crippen LogP contribution is 2.32. The lowest BCUT2D eigenvalue weighted by atomic mass is 10.1. The van der Waals surface area contributed by atoms with E-state index in [0.717, 1.165) is 23.5 Å². The number of nitrogens with one attached hydrogen (secondary N) is 2. The van der Waals surface area contributed by atoms with Crippen molar-refractivity contribution in [3.8, 4) is 11.5 Å². The predicted molar refractivity (Wildman–Crippen MR) is 87.8 cm³/mol. The van der Waals surface area contributed by atoms with Gasteiger partial charge in [0.15, 0.2) is 27.3 Å². The molecule has 1 aromatic carbocycles. The molecule has 0 radical (unpaired) electrons. The van der Waals surface area contributed by atoms with E-state index in [1.165, 1.54) is 0 Å². The van der Waals surface area contributed by atoms with Crippen molar-refractivity contribution in [2.75, 3.05) is 31.9 Å². The fourth-order valence-corrected chi connectivity index (χ4v) is 4.39. The van der Waals surface area contributed by atoms with E-state index in [1.807, 2.05) is 18.2 Å². The van der Waals surface area contributed by atoms with Crippen LogP contribution in [0.2, 0.25) is 0 Å². The van der Waals surface area contributed by atoms with E-state index in [-0.39, 0.29) is 24.3 Å². The molecule has 7 nitrogen and oxygen atoms in total. The summed E-state index contributed by atoms with van der Waals surface area (Å²) in [7, 11) is -1.21. The Labute approximate surface area is 136 Å². The number of benzene rings is 1. The summed E-state index contributed by atoms with van der Waals surface area (Å²) < 4.78 is 33.6. The molecule has 1 fully saturated rings. The first-order chi connectivity index (χ1) is 11.1. The van der Waals surface area contributed by atoms with Gasteiger partial charge >= 0.3 is 0 Å². The molecule has 0 amide bonds. The number of sulfone groups is 1. The molecule has 2 aliphatic rings. The normalized spacial score (nSPS) is 22.1. The van der Waals surface area contributed by atoms with Gasteiger partial charge in [0.2, 0.25) is 6.79 Å². The number of ether oxygens (including phenoxy) is 2. The molecule has 0 saturated carbocycles. The Bertz CT molecular complexity index is 703. The van der Waals surface area contributed by atoms with Crippen LogP contribution in [0.3, 0.4) is 0 Å². The van der Waals surface area contributed by atoms with Gasteiger partial charge in [0.1, 0.15) is 0 Å². The summed E-state index contributed by atoms with van der Waals surface area (Å²) >= 11 is 0. The molecule has 2 heterocycles. The number of fused-ring (bicyclic) bond motifs is 1. The van der Waals surface area contributed by atoms with Crippen LogP contribution < -0.4 is 20.1 Å². The van der Waals surface area contributed by atoms with Crippen LogP contribution in [-0.4, -0.2) is 52.3 Å². The molecule has 0 aliphatic carbocycles. The molecule has 2 N–H and O–H groups in total. The Hall–Kier alpha value is -1.96. The third-order valence-corrected chi connectivity index (χ3v) is 5.71. The van der Waals surface area contributed by atoms with Crippen molar-refractivity contribution in [3.63, 3.8) is 0 Å². The van der Waals surface area contributed by atoms with Crippen LogP contribution in [-0.2, 0) is 16.3 Å². The van der Waals surface area contributed by atoms with Gasteiger partial charge in [-0.2, -0.15) is 0 Å². The molecular formula is C15H21N3O4S. The number of guanidine groups is 1. The average molecular weight is 339 g/mol. The van der Waals surface area contributed by atoms with Crippen LogP contribution in [0.25, 0.3) is 0 Å². The first kappa shape index (κ1) is 15.9. The van der Waals surface area contributed by atoms with Gasteiger partial charge in [-0.25, -0.2) is 8.42 Å². The lowest BCUT2D eigenvalue weighted by Gasteiger charge is -2.16. The zero-order chi connectivity index (χ0) is 16.3. The molecule has 2 aliphatic heterocycles. The molecule has 23 heavy (non-hydrogen) atoms. The number of hydrogen-bond donors (Lipinski definition) is 2. The number of nitrogens with zero attached hydrogens (tertiary/aromatic N) is 1. The second-order valence-corrected chi connectivity index (χ2v) is 7.91. The minimum absolute atomic E-state index is 0.0586.